The summed E-state index contributed by atoms with van der Waals surface area (Å²) in [4.78, 5) is 0. The molecule has 2 atom stereocenters. The van der Waals surface area contributed by atoms with Crippen molar-refractivity contribution in [3.63, 3.8) is 0 Å². The zero-order valence-electron chi connectivity index (χ0n) is 12.2. The first kappa shape index (κ1) is 14.1. The van der Waals surface area contributed by atoms with Crippen LogP contribution in [0, 0.1) is 5.82 Å². The van der Waals surface area contributed by atoms with Crippen molar-refractivity contribution in [1.82, 2.24) is 5.32 Å². The van der Waals surface area contributed by atoms with Gasteiger partial charge in [-0.3, -0.25) is 0 Å². The fourth-order valence-electron chi connectivity index (χ4n) is 3.13. The van der Waals surface area contributed by atoms with E-state index in [1.165, 1.54) is 11.6 Å². The van der Waals surface area contributed by atoms with Crippen molar-refractivity contribution in [1.29, 1.82) is 0 Å². The highest BCUT2D eigenvalue weighted by Crippen LogP contribution is 2.36. The Morgan fingerprint density at radius 3 is 2.76 bits per heavy atom. The second kappa shape index (κ2) is 6.27. The van der Waals surface area contributed by atoms with E-state index in [4.69, 9.17) is 4.74 Å². The molecule has 3 heteroatoms. The Morgan fingerprint density at radius 1 is 1.19 bits per heavy atom. The van der Waals surface area contributed by atoms with Gasteiger partial charge >= 0.3 is 0 Å². The van der Waals surface area contributed by atoms with Gasteiger partial charge in [-0.2, -0.15) is 0 Å². The van der Waals surface area contributed by atoms with Crippen LogP contribution in [0.25, 0.3) is 0 Å². The van der Waals surface area contributed by atoms with Crippen LogP contribution in [0.4, 0.5) is 4.39 Å². The van der Waals surface area contributed by atoms with Gasteiger partial charge in [0.1, 0.15) is 11.6 Å². The number of hydrogen-bond donors (Lipinski definition) is 1. The first-order chi connectivity index (χ1) is 10.3. The summed E-state index contributed by atoms with van der Waals surface area (Å²) in [6, 6.07) is 15.4. The van der Waals surface area contributed by atoms with Gasteiger partial charge in [-0.1, -0.05) is 36.4 Å². The van der Waals surface area contributed by atoms with Crippen molar-refractivity contribution in [2.45, 2.75) is 24.8 Å². The van der Waals surface area contributed by atoms with Crippen LogP contribution < -0.4 is 10.1 Å². The molecular formula is C18H20FNO. The maximum absolute atomic E-state index is 13.9. The van der Waals surface area contributed by atoms with E-state index in [1.54, 1.807) is 6.07 Å². The Bertz CT molecular complexity index is 614. The third-order valence-corrected chi connectivity index (χ3v) is 4.26. The molecule has 2 nitrogen and oxygen atoms in total. The van der Waals surface area contributed by atoms with E-state index in [1.807, 2.05) is 37.4 Å². The zero-order chi connectivity index (χ0) is 14.7. The molecule has 0 saturated carbocycles. The first-order valence-electron chi connectivity index (χ1n) is 7.42. The fourth-order valence-corrected chi connectivity index (χ4v) is 3.13. The molecule has 2 aromatic carbocycles. The fraction of sp³-hybridized carbons (Fsp3) is 0.333. The zero-order valence-corrected chi connectivity index (χ0v) is 12.2. The van der Waals surface area contributed by atoms with Crippen molar-refractivity contribution >= 4 is 0 Å². The Labute approximate surface area is 125 Å². The van der Waals surface area contributed by atoms with Crippen LogP contribution in [0.3, 0.4) is 0 Å². The molecule has 0 aromatic heterocycles. The molecule has 0 bridgehead atoms. The number of nitrogens with one attached hydrogen (secondary N) is 1. The number of benzene rings is 2. The molecule has 110 valence electrons. The lowest BCUT2D eigenvalue weighted by molar-refractivity contribution is 0.247. The third-order valence-electron chi connectivity index (χ3n) is 4.26. The Morgan fingerprint density at radius 2 is 1.95 bits per heavy atom. The minimum absolute atomic E-state index is 0.127. The normalized spacial score (nSPS) is 18.7. The largest absolute Gasteiger partial charge is 0.493 e. The molecule has 1 heterocycles. The molecule has 0 fully saturated rings. The van der Waals surface area contributed by atoms with Gasteiger partial charge in [0.05, 0.1) is 6.61 Å². The lowest BCUT2D eigenvalue weighted by Crippen LogP contribution is -2.37. The van der Waals surface area contributed by atoms with Crippen LogP contribution >= 0.6 is 0 Å². The van der Waals surface area contributed by atoms with Gasteiger partial charge in [-0.15, -0.1) is 0 Å². The number of halogens is 1. The molecule has 0 saturated heterocycles. The molecule has 0 amide bonds. The van der Waals surface area contributed by atoms with E-state index in [-0.39, 0.29) is 11.9 Å². The third kappa shape index (κ3) is 2.93. The number of hydrogen-bond acceptors (Lipinski definition) is 2. The van der Waals surface area contributed by atoms with Gasteiger partial charge < -0.3 is 10.1 Å². The van der Waals surface area contributed by atoms with Crippen LogP contribution in [0.2, 0.25) is 0 Å². The van der Waals surface area contributed by atoms with E-state index in [0.717, 1.165) is 24.3 Å². The van der Waals surface area contributed by atoms with E-state index < -0.39 is 0 Å². The molecular weight excluding hydrogens is 265 g/mol. The number of rotatable bonds is 4. The number of fused-ring (bicyclic) bond motifs is 1. The first-order valence-corrected chi connectivity index (χ1v) is 7.42. The molecule has 1 aliphatic heterocycles. The number of ether oxygens (including phenoxy) is 1. The average molecular weight is 285 g/mol. The molecule has 1 aliphatic rings. The average Bonchev–Trinajstić information content (AvgIpc) is 2.54. The maximum Gasteiger partial charge on any atom is 0.126 e. The van der Waals surface area contributed by atoms with Crippen LogP contribution in [0.5, 0.6) is 5.75 Å². The highest BCUT2D eigenvalue weighted by atomic mass is 19.1. The van der Waals surface area contributed by atoms with Gasteiger partial charge in [-0.25, -0.2) is 4.39 Å². The van der Waals surface area contributed by atoms with Crippen molar-refractivity contribution in [3.8, 4) is 5.75 Å². The van der Waals surface area contributed by atoms with Crippen LogP contribution in [0.1, 0.15) is 23.5 Å². The molecule has 2 unspecified atom stereocenters. The van der Waals surface area contributed by atoms with Crippen molar-refractivity contribution in [3.05, 3.63) is 65.5 Å². The monoisotopic (exact) mass is 285 g/mol. The summed E-state index contributed by atoms with van der Waals surface area (Å²) < 4.78 is 19.6. The van der Waals surface area contributed by atoms with E-state index in [2.05, 4.69) is 11.4 Å². The van der Waals surface area contributed by atoms with E-state index in [9.17, 15) is 4.39 Å². The molecule has 0 radical (unpaired) electrons. The summed E-state index contributed by atoms with van der Waals surface area (Å²) in [5, 5.41) is 3.37. The Balaban J connectivity index is 1.86. The summed E-state index contributed by atoms with van der Waals surface area (Å²) in [5.74, 6) is 1.18. The molecule has 3 rings (SSSR count). The maximum atomic E-state index is 13.9. The van der Waals surface area contributed by atoms with E-state index in [0.29, 0.717) is 12.3 Å². The van der Waals surface area contributed by atoms with Crippen molar-refractivity contribution < 1.29 is 9.13 Å². The lowest BCUT2D eigenvalue weighted by atomic mass is 9.83. The van der Waals surface area contributed by atoms with Gasteiger partial charge in [-0.05, 0) is 43.1 Å². The van der Waals surface area contributed by atoms with Crippen LogP contribution in [-0.4, -0.2) is 19.7 Å². The lowest BCUT2D eigenvalue weighted by Gasteiger charge is -2.32. The second-order valence-electron chi connectivity index (χ2n) is 5.47. The Kier molecular flexibility index (Phi) is 4.20. The topological polar surface area (TPSA) is 21.3 Å². The highest BCUT2D eigenvalue weighted by molar-refractivity contribution is 5.39. The van der Waals surface area contributed by atoms with E-state index >= 15 is 0 Å². The summed E-state index contributed by atoms with van der Waals surface area (Å²) in [6.45, 7) is 0.719. The second-order valence-corrected chi connectivity index (χ2v) is 5.47. The quantitative estimate of drug-likeness (QED) is 0.928. The SMILES string of the molecule is CNC(Cc1ccccc1F)C1CCOc2ccccc21. The number of likely N-dealkylation sites (N-methyl/N-ethyl adjacent to an activating group) is 1. The summed E-state index contributed by atoms with van der Waals surface area (Å²) >= 11 is 0. The van der Waals surface area contributed by atoms with Gasteiger partial charge in [0.15, 0.2) is 0 Å². The van der Waals surface area contributed by atoms with Gasteiger partial charge in [0, 0.05) is 12.0 Å². The summed E-state index contributed by atoms with van der Waals surface area (Å²) in [5.41, 5.74) is 1.99. The van der Waals surface area contributed by atoms with Crippen LogP contribution in [0.15, 0.2) is 48.5 Å². The smallest absolute Gasteiger partial charge is 0.126 e. The van der Waals surface area contributed by atoms with Crippen molar-refractivity contribution in [2.75, 3.05) is 13.7 Å². The molecule has 0 aliphatic carbocycles. The predicted octanol–water partition coefficient (Wildman–Crippen LogP) is 3.52. The molecule has 0 spiro atoms. The number of para-hydroxylation sites is 1. The highest BCUT2D eigenvalue weighted by Gasteiger charge is 2.28. The Hall–Kier alpha value is -1.87. The minimum Gasteiger partial charge on any atom is -0.493 e. The molecule has 1 N–H and O–H groups in total. The predicted molar refractivity (Wildman–Crippen MR) is 82.2 cm³/mol. The summed E-state index contributed by atoms with van der Waals surface area (Å²) in [6.07, 6.45) is 1.64. The van der Waals surface area contributed by atoms with Crippen LogP contribution in [-0.2, 0) is 6.42 Å². The summed E-state index contributed by atoms with van der Waals surface area (Å²) in [7, 11) is 1.95. The molecule has 21 heavy (non-hydrogen) atoms. The van der Waals surface area contributed by atoms with Gasteiger partial charge in [0.2, 0.25) is 0 Å². The van der Waals surface area contributed by atoms with Gasteiger partial charge in [0.25, 0.3) is 0 Å². The molecule has 2 aromatic rings. The standard InChI is InChI=1S/C18H20FNO/c1-20-17(12-13-6-2-4-8-16(13)19)14-10-11-21-18-9-5-3-7-15(14)18/h2-9,14,17,20H,10-12H2,1H3. The minimum atomic E-state index is -0.127. The van der Waals surface area contributed by atoms with Crippen molar-refractivity contribution in [2.24, 2.45) is 0 Å².